The van der Waals surface area contributed by atoms with Gasteiger partial charge in [-0.1, -0.05) is 160 Å². The summed E-state index contributed by atoms with van der Waals surface area (Å²) in [6.45, 7) is 13.7. The van der Waals surface area contributed by atoms with E-state index in [1.807, 2.05) is 0 Å². The lowest BCUT2D eigenvalue weighted by atomic mass is 9.80. The maximum absolute atomic E-state index is 2.43. The van der Waals surface area contributed by atoms with Crippen molar-refractivity contribution < 1.29 is 0 Å². The molecule has 1 heteroatoms. The Labute approximate surface area is 337 Å². The Morgan fingerprint density at radius 2 is 0.596 bits per heavy atom. The van der Waals surface area contributed by atoms with E-state index < -0.39 is 0 Å². The first-order valence-electron chi connectivity index (χ1n) is 20.2. The fraction of sp³-hybridized carbons (Fsp3) is 0.143. The maximum Gasteiger partial charge on any atom is 0.0462 e. The molecule has 0 atom stereocenters. The van der Waals surface area contributed by atoms with E-state index in [0.29, 0.717) is 0 Å². The number of hydrogen-bond acceptors (Lipinski definition) is 1. The maximum atomic E-state index is 2.43. The highest BCUT2D eigenvalue weighted by Gasteiger charge is 2.37. The molecule has 10 rings (SSSR count). The Hall–Kier alpha value is -6.44. The minimum atomic E-state index is -0.126. The Morgan fingerprint density at radius 1 is 0.298 bits per heavy atom. The minimum absolute atomic E-state index is 0.00612. The van der Waals surface area contributed by atoms with Crippen molar-refractivity contribution in [2.75, 3.05) is 4.90 Å². The number of rotatable bonds is 6. The Balaban J connectivity index is 0.920. The summed E-state index contributed by atoms with van der Waals surface area (Å²) >= 11 is 0. The van der Waals surface area contributed by atoms with Crippen LogP contribution in [0.3, 0.4) is 0 Å². The molecule has 2 aliphatic carbocycles. The van der Waals surface area contributed by atoms with Crippen LogP contribution in [0, 0.1) is 13.8 Å². The van der Waals surface area contributed by atoms with Gasteiger partial charge < -0.3 is 4.90 Å². The summed E-state index contributed by atoms with van der Waals surface area (Å²) in [5, 5.41) is 0. The highest BCUT2D eigenvalue weighted by Crippen LogP contribution is 2.52. The molecule has 0 aromatic heterocycles. The predicted molar refractivity (Wildman–Crippen MR) is 242 cm³/mol. The quantitative estimate of drug-likeness (QED) is 0.164. The summed E-state index contributed by atoms with van der Waals surface area (Å²) in [6.07, 6.45) is 0. The van der Waals surface area contributed by atoms with Crippen molar-refractivity contribution in [3.63, 3.8) is 0 Å². The summed E-state index contributed by atoms with van der Waals surface area (Å²) in [4.78, 5) is 2.34. The molecular formula is C56H47N. The lowest BCUT2D eigenvalue weighted by Gasteiger charge is -2.26. The zero-order valence-electron chi connectivity index (χ0n) is 33.7. The Bertz CT molecular complexity index is 2770. The van der Waals surface area contributed by atoms with Gasteiger partial charge in [0, 0.05) is 27.9 Å². The number of nitrogens with zero attached hydrogens (tertiary/aromatic N) is 1. The van der Waals surface area contributed by atoms with Crippen LogP contribution in [0.25, 0.3) is 55.6 Å². The molecule has 2 aliphatic rings. The van der Waals surface area contributed by atoms with Crippen molar-refractivity contribution in [2.24, 2.45) is 0 Å². The molecule has 8 aromatic rings. The highest BCUT2D eigenvalue weighted by atomic mass is 15.1. The second kappa shape index (κ2) is 13.1. The molecule has 0 heterocycles. The number of fused-ring (bicyclic) bond motifs is 6. The van der Waals surface area contributed by atoms with Gasteiger partial charge in [-0.15, -0.1) is 0 Å². The third-order valence-corrected chi connectivity index (χ3v) is 12.9. The van der Waals surface area contributed by atoms with Crippen LogP contribution >= 0.6 is 0 Å². The van der Waals surface area contributed by atoms with Crippen LogP contribution in [0.2, 0.25) is 0 Å². The highest BCUT2D eigenvalue weighted by molar-refractivity contribution is 5.87. The van der Waals surface area contributed by atoms with E-state index in [9.17, 15) is 0 Å². The second-order valence-corrected chi connectivity index (χ2v) is 17.2. The topological polar surface area (TPSA) is 3.24 Å². The van der Waals surface area contributed by atoms with Crippen LogP contribution in [-0.2, 0) is 10.8 Å². The van der Waals surface area contributed by atoms with E-state index in [2.05, 4.69) is 222 Å². The molecule has 57 heavy (non-hydrogen) atoms. The van der Waals surface area contributed by atoms with Crippen LogP contribution in [-0.4, -0.2) is 0 Å². The van der Waals surface area contributed by atoms with Crippen molar-refractivity contribution in [1.82, 2.24) is 0 Å². The van der Waals surface area contributed by atoms with E-state index in [1.54, 1.807) is 0 Å². The van der Waals surface area contributed by atoms with Crippen molar-refractivity contribution in [2.45, 2.75) is 52.4 Å². The molecule has 0 saturated heterocycles. The smallest absolute Gasteiger partial charge is 0.0462 e. The third kappa shape index (κ3) is 5.76. The van der Waals surface area contributed by atoms with Crippen molar-refractivity contribution >= 4 is 17.1 Å². The zero-order chi connectivity index (χ0) is 39.1. The molecule has 276 valence electrons. The van der Waals surface area contributed by atoms with Crippen molar-refractivity contribution in [3.05, 3.63) is 209 Å². The number of benzene rings is 8. The summed E-state index contributed by atoms with van der Waals surface area (Å²) < 4.78 is 0. The molecule has 0 fully saturated rings. The molecule has 1 nitrogen and oxygen atoms in total. The van der Waals surface area contributed by atoms with E-state index in [4.69, 9.17) is 0 Å². The fourth-order valence-corrected chi connectivity index (χ4v) is 9.47. The van der Waals surface area contributed by atoms with Gasteiger partial charge in [0.1, 0.15) is 0 Å². The largest absolute Gasteiger partial charge is 0.311 e. The van der Waals surface area contributed by atoms with Gasteiger partial charge in [-0.25, -0.2) is 0 Å². The average Bonchev–Trinajstić information content (AvgIpc) is 3.61. The fourth-order valence-electron chi connectivity index (χ4n) is 9.47. The molecule has 0 N–H and O–H groups in total. The third-order valence-electron chi connectivity index (χ3n) is 12.9. The molecule has 0 amide bonds. The van der Waals surface area contributed by atoms with Gasteiger partial charge in [-0.2, -0.15) is 0 Å². The monoisotopic (exact) mass is 733 g/mol. The first-order valence-corrected chi connectivity index (χ1v) is 20.2. The molecule has 0 saturated carbocycles. The standard InChI is InChI=1S/C56H47N/c1-36-11-24-44(25-12-36)57(45-26-13-37(2)14-27-45)46-28-19-40(20-29-46)43-23-32-50-49-31-22-42(34-53(49)56(5,6)54(50)35-43)39-17-15-38(16-18-39)41-21-30-48-47-9-7-8-10-51(47)55(3,4)52(48)33-41/h7-35H,1-6H3. The lowest BCUT2D eigenvalue weighted by molar-refractivity contribution is 0.660. The minimum Gasteiger partial charge on any atom is -0.311 e. The van der Waals surface area contributed by atoms with Crippen LogP contribution in [0.15, 0.2) is 176 Å². The molecule has 0 radical (unpaired) electrons. The molecule has 0 unspecified atom stereocenters. The number of hydrogen-bond donors (Lipinski definition) is 0. The lowest BCUT2D eigenvalue weighted by Crippen LogP contribution is -2.15. The van der Waals surface area contributed by atoms with Gasteiger partial charge in [0.25, 0.3) is 0 Å². The van der Waals surface area contributed by atoms with Gasteiger partial charge in [0.2, 0.25) is 0 Å². The van der Waals surface area contributed by atoms with E-state index >= 15 is 0 Å². The Kier molecular flexibility index (Phi) is 8.03. The summed E-state index contributed by atoms with van der Waals surface area (Å²) in [7, 11) is 0. The van der Waals surface area contributed by atoms with Crippen LogP contribution in [0.4, 0.5) is 17.1 Å². The Morgan fingerprint density at radius 3 is 1.00 bits per heavy atom. The van der Waals surface area contributed by atoms with Crippen LogP contribution in [0.1, 0.15) is 61.1 Å². The SMILES string of the molecule is Cc1ccc(N(c2ccc(C)cc2)c2ccc(-c3ccc4c(c3)C(C)(C)c3cc(-c5ccc(-c6ccc7c(c6)C(C)(C)c6ccccc6-7)cc5)ccc3-4)cc2)cc1. The number of aryl methyl sites for hydroxylation is 2. The first kappa shape index (κ1) is 35.0. The first-order chi connectivity index (χ1) is 27.6. The van der Waals surface area contributed by atoms with E-state index in [-0.39, 0.29) is 10.8 Å². The van der Waals surface area contributed by atoms with Gasteiger partial charge in [0.05, 0.1) is 0 Å². The van der Waals surface area contributed by atoms with E-state index in [0.717, 1.165) is 17.1 Å². The van der Waals surface area contributed by atoms with Crippen LogP contribution in [0.5, 0.6) is 0 Å². The van der Waals surface area contributed by atoms with Gasteiger partial charge >= 0.3 is 0 Å². The molecule has 8 aromatic carbocycles. The van der Waals surface area contributed by atoms with Gasteiger partial charge in [-0.05, 0) is 146 Å². The average molecular weight is 734 g/mol. The molecule has 0 bridgehead atoms. The predicted octanol–water partition coefficient (Wildman–Crippen LogP) is 15.4. The molecule has 0 aliphatic heterocycles. The summed E-state index contributed by atoms with van der Waals surface area (Å²) in [5.74, 6) is 0. The van der Waals surface area contributed by atoms with Crippen molar-refractivity contribution in [1.29, 1.82) is 0 Å². The normalized spacial score (nSPS) is 14.1. The summed E-state index contributed by atoms with van der Waals surface area (Å²) in [6, 6.07) is 65.8. The molecular weight excluding hydrogens is 687 g/mol. The van der Waals surface area contributed by atoms with Crippen LogP contribution < -0.4 is 4.90 Å². The molecule has 0 spiro atoms. The zero-order valence-corrected chi connectivity index (χ0v) is 33.7. The van der Waals surface area contributed by atoms with E-state index in [1.165, 1.54) is 89.0 Å². The second-order valence-electron chi connectivity index (χ2n) is 17.2. The van der Waals surface area contributed by atoms with Gasteiger partial charge in [-0.3, -0.25) is 0 Å². The van der Waals surface area contributed by atoms with Crippen molar-refractivity contribution in [3.8, 4) is 55.6 Å². The van der Waals surface area contributed by atoms with Gasteiger partial charge in [0.15, 0.2) is 0 Å². The summed E-state index contributed by atoms with van der Waals surface area (Å²) in [5.41, 5.74) is 24.3. The number of anilines is 3.